The summed E-state index contributed by atoms with van der Waals surface area (Å²) < 4.78 is 30.5. The van der Waals surface area contributed by atoms with E-state index in [0.29, 0.717) is 17.4 Å². The second kappa shape index (κ2) is 47.4. The Morgan fingerprint density at radius 1 is 0.552 bits per heavy atom. The summed E-state index contributed by atoms with van der Waals surface area (Å²) >= 11 is 0. The lowest BCUT2D eigenvalue weighted by Gasteiger charge is -2.27. The lowest BCUT2D eigenvalue weighted by Crippen LogP contribution is -2.47. The smallest absolute Gasteiger partial charge is 0.456 e. The minimum atomic E-state index is -4.45. The number of carbonyl (C=O) groups is 2. The third kappa shape index (κ3) is 48.5. The number of esters is 1. The normalized spacial score (nSPS) is 14.3. The molecule has 67 heavy (non-hydrogen) atoms. The van der Waals surface area contributed by atoms with Crippen molar-refractivity contribution < 1.29 is 37.3 Å². The molecule has 3 unspecified atom stereocenters. The lowest BCUT2D eigenvalue weighted by molar-refractivity contribution is -0.870. The molecule has 0 aromatic rings. The Morgan fingerprint density at radius 2 is 1.00 bits per heavy atom. The number of hydrogen-bond donors (Lipinski definition) is 2. The highest BCUT2D eigenvalue weighted by Crippen LogP contribution is 2.43. The van der Waals surface area contributed by atoms with Crippen LogP contribution in [0.1, 0.15) is 239 Å². The van der Waals surface area contributed by atoms with E-state index >= 15 is 0 Å². The van der Waals surface area contributed by atoms with Gasteiger partial charge in [0.05, 0.1) is 33.8 Å². The molecule has 0 heterocycles. The number of carbonyl (C=O) groups excluding carboxylic acids is 2. The summed E-state index contributed by atoms with van der Waals surface area (Å²) in [5.74, 6) is -0.529. The molecule has 0 aliphatic carbocycles. The highest BCUT2D eigenvalue weighted by molar-refractivity contribution is 7.47. The molecule has 0 aromatic carbocycles. The molecular formula is C57H106N2O7P+. The minimum Gasteiger partial charge on any atom is -0.456 e. The molecule has 1 amide bonds. The molecule has 0 aliphatic rings. The fourth-order valence-electron chi connectivity index (χ4n) is 7.67. The van der Waals surface area contributed by atoms with Crippen LogP contribution in [0.2, 0.25) is 0 Å². The van der Waals surface area contributed by atoms with E-state index in [1.165, 1.54) is 103 Å². The minimum absolute atomic E-state index is 0.0351. The molecule has 0 radical (unpaired) electrons. The number of nitrogens with zero attached hydrogens (tertiary/aromatic N) is 1. The van der Waals surface area contributed by atoms with Gasteiger partial charge in [0.1, 0.15) is 19.3 Å². The number of hydrogen-bond acceptors (Lipinski definition) is 6. The van der Waals surface area contributed by atoms with Crippen molar-refractivity contribution in [1.82, 2.24) is 5.32 Å². The summed E-state index contributed by atoms with van der Waals surface area (Å²) in [5, 5.41) is 3.04. The number of allylic oxidation sites excluding steroid dienone is 9. The van der Waals surface area contributed by atoms with E-state index in [2.05, 4.69) is 74.7 Å². The van der Waals surface area contributed by atoms with Crippen LogP contribution in [-0.2, 0) is 27.9 Å². The van der Waals surface area contributed by atoms with Crippen molar-refractivity contribution >= 4 is 19.7 Å². The first-order valence-corrected chi connectivity index (χ1v) is 29.1. The number of phosphoric ester groups is 1. The van der Waals surface area contributed by atoms with E-state index < -0.39 is 20.0 Å². The molecule has 0 bridgehead atoms. The maximum atomic E-state index is 13.5. The third-order valence-electron chi connectivity index (χ3n) is 12.0. The monoisotopic (exact) mass is 962 g/mol. The summed E-state index contributed by atoms with van der Waals surface area (Å²) in [6.45, 7) is 6.85. The van der Waals surface area contributed by atoms with Crippen LogP contribution in [0.3, 0.4) is 0 Å². The number of quaternary nitrogens is 1. The molecular weight excluding hydrogens is 856 g/mol. The molecule has 9 nitrogen and oxygen atoms in total. The molecule has 0 rings (SSSR count). The summed E-state index contributed by atoms with van der Waals surface area (Å²) in [5.41, 5.74) is 0. The molecule has 3 atom stereocenters. The fraction of sp³-hybridized carbons (Fsp3) is 0.789. The third-order valence-corrected chi connectivity index (χ3v) is 13.0. The van der Waals surface area contributed by atoms with Gasteiger partial charge in [-0.3, -0.25) is 18.6 Å². The molecule has 390 valence electrons. The van der Waals surface area contributed by atoms with E-state index in [1.54, 1.807) is 0 Å². The number of nitrogens with one attached hydrogen (secondary N) is 1. The number of ether oxygens (including phenoxy) is 1. The van der Waals surface area contributed by atoms with Crippen molar-refractivity contribution in [3.8, 4) is 0 Å². The second-order valence-corrected chi connectivity index (χ2v) is 21.2. The Labute approximate surface area is 413 Å². The number of likely N-dealkylation sites (N-methyl/N-ethyl adjacent to an activating group) is 1. The predicted molar refractivity (Wildman–Crippen MR) is 286 cm³/mol. The van der Waals surface area contributed by atoms with E-state index in [0.717, 1.165) is 103 Å². The van der Waals surface area contributed by atoms with Gasteiger partial charge < -0.3 is 19.4 Å². The summed E-state index contributed by atoms with van der Waals surface area (Å²) in [6.07, 6.45) is 57.8. The molecule has 0 saturated heterocycles. The lowest BCUT2D eigenvalue weighted by atomic mass is 10.0. The number of rotatable bonds is 49. The highest BCUT2D eigenvalue weighted by Gasteiger charge is 2.30. The Kier molecular flexibility index (Phi) is 45.8. The van der Waals surface area contributed by atoms with E-state index in [-0.39, 0.29) is 31.5 Å². The van der Waals surface area contributed by atoms with Crippen molar-refractivity contribution in [2.45, 2.75) is 251 Å². The zero-order valence-corrected chi connectivity index (χ0v) is 45.3. The van der Waals surface area contributed by atoms with Crippen molar-refractivity contribution in [3.63, 3.8) is 0 Å². The zero-order chi connectivity index (χ0) is 49.4. The standard InChI is InChI=1S/C57H105N2O7P/c1-7-10-13-16-19-22-25-28-30-32-35-38-41-44-47-50-57(61)66-55(48-45-42-39-36-33-27-24-21-18-15-12-9-3)54(53-65-67(62,63)64-52-51-59(4,5)6)58-56(60)49-46-43-40-37-34-31-29-26-23-20-17-14-11-8-2/h11,14,19-20,22-23,25,28,45,48,54-55H,7-10,12-13,15-18,21,24,26-27,29-44,46-47,49-53H2,1-6H3,(H-,58,60,62,63)/p+1/b14-11+,22-19+,23-20+,28-25+,48-45+. The maximum absolute atomic E-state index is 13.5. The average molecular weight is 962 g/mol. The number of unbranched alkanes of at least 4 members (excludes halogenated alkanes) is 26. The molecule has 2 N–H and O–H groups in total. The molecule has 10 heteroatoms. The van der Waals surface area contributed by atoms with E-state index in [1.807, 2.05) is 33.3 Å². The molecule has 0 fully saturated rings. The van der Waals surface area contributed by atoms with Gasteiger partial charge in [0.25, 0.3) is 0 Å². The highest BCUT2D eigenvalue weighted by atomic mass is 31.2. The van der Waals surface area contributed by atoms with Gasteiger partial charge in [-0.2, -0.15) is 0 Å². The van der Waals surface area contributed by atoms with Crippen molar-refractivity contribution in [2.75, 3.05) is 40.9 Å². The Morgan fingerprint density at radius 3 is 1.54 bits per heavy atom. The van der Waals surface area contributed by atoms with Crippen LogP contribution in [0.15, 0.2) is 60.8 Å². The number of amides is 1. The van der Waals surface area contributed by atoms with Gasteiger partial charge in [-0.15, -0.1) is 0 Å². The van der Waals surface area contributed by atoms with Crippen LogP contribution in [0, 0.1) is 0 Å². The van der Waals surface area contributed by atoms with Crippen LogP contribution in [0.25, 0.3) is 0 Å². The van der Waals surface area contributed by atoms with Crippen LogP contribution < -0.4 is 5.32 Å². The molecule has 0 aromatic heterocycles. The summed E-state index contributed by atoms with van der Waals surface area (Å²) in [4.78, 5) is 37.5. The van der Waals surface area contributed by atoms with E-state index in [9.17, 15) is 19.0 Å². The Hall–Kier alpha value is -2.29. The van der Waals surface area contributed by atoms with Gasteiger partial charge in [-0.1, -0.05) is 204 Å². The fourth-order valence-corrected chi connectivity index (χ4v) is 8.41. The Balaban J connectivity index is 5.42. The van der Waals surface area contributed by atoms with Crippen molar-refractivity contribution in [2.24, 2.45) is 0 Å². The topological polar surface area (TPSA) is 111 Å². The largest absolute Gasteiger partial charge is 0.472 e. The van der Waals surface area contributed by atoms with Gasteiger partial charge >= 0.3 is 13.8 Å². The van der Waals surface area contributed by atoms with Crippen molar-refractivity contribution in [3.05, 3.63) is 60.8 Å². The summed E-state index contributed by atoms with van der Waals surface area (Å²) in [6, 6.07) is -0.856. The first-order valence-electron chi connectivity index (χ1n) is 27.6. The van der Waals surface area contributed by atoms with Gasteiger partial charge in [0.2, 0.25) is 5.91 Å². The zero-order valence-electron chi connectivity index (χ0n) is 44.4. The van der Waals surface area contributed by atoms with Gasteiger partial charge in [-0.05, 0) is 83.1 Å². The summed E-state index contributed by atoms with van der Waals surface area (Å²) in [7, 11) is 1.48. The van der Waals surface area contributed by atoms with Crippen LogP contribution >= 0.6 is 7.82 Å². The van der Waals surface area contributed by atoms with Crippen molar-refractivity contribution in [1.29, 1.82) is 0 Å². The first kappa shape index (κ1) is 64.7. The van der Waals surface area contributed by atoms with Crippen LogP contribution in [0.4, 0.5) is 0 Å². The van der Waals surface area contributed by atoms with Crippen LogP contribution in [-0.4, -0.2) is 74.3 Å². The van der Waals surface area contributed by atoms with Gasteiger partial charge in [0, 0.05) is 12.8 Å². The molecule has 0 aliphatic heterocycles. The second-order valence-electron chi connectivity index (χ2n) is 19.8. The van der Waals surface area contributed by atoms with Gasteiger partial charge in [0.15, 0.2) is 0 Å². The van der Waals surface area contributed by atoms with E-state index in [4.69, 9.17) is 13.8 Å². The molecule has 0 spiro atoms. The van der Waals surface area contributed by atoms with Gasteiger partial charge in [-0.25, -0.2) is 4.57 Å². The molecule has 0 saturated carbocycles. The average Bonchev–Trinajstić information content (AvgIpc) is 3.28. The number of phosphoric acid groups is 1. The quantitative estimate of drug-likeness (QED) is 0.0156. The Bertz CT molecular complexity index is 1340. The SMILES string of the molecule is CC/C=C/C/C=C/CCCCCCCCCC(=O)NC(COP(=O)(O)OCC[N+](C)(C)C)C(/C=C/CCCCCCCCCCCC)OC(=O)CCCCCCCC/C=C/C=C/CCCCC. The predicted octanol–water partition coefficient (Wildman–Crippen LogP) is 16.3. The van der Waals surface area contributed by atoms with Crippen LogP contribution in [0.5, 0.6) is 0 Å². The maximum Gasteiger partial charge on any atom is 0.472 e. The first-order chi connectivity index (χ1) is 32.4.